The molecule has 0 radical (unpaired) electrons. The van der Waals surface area contributed by atoms with Gasteiger partial charge in [-0.2, -0.15) is 0 Å². The van der Waals surface area contributed by atoms with E-state index in [-0.39, 0.29) is 12.1 Å². The Hall–Kier alpha value is -2.60. The number of aryl methyl sites for hydroxylation is 1. The molecule has 2 aromatic rings. The number of pyridine rings is 1. The van der Waals surface area contributed by atoms with Crippen molar-refractivity contribution >= 4 is 11.7 Å². The Morgan fingerprint density at radius 3 is 2.52 bits per heavy atom. The van der Waals surface area contributed by atoms with Crippen molar-refractivity contribution in [2.75, 3.05) is 25.5 Å². The van der Waals surface area contributed by atoms with Gasteiger partial charge < -0.3 is 20.3 Å². The number of hydrogen-bond donors (Lipinski definition) is 2. The summed E-state index contributed by atoms with van der Waals surface area (Å²) in [5.41, 5.74) is 1.82. The monoisotopic (exact) mass is 340 g/mol. The van der Waals surface area contributed by atoms with Crippen LogP contribution in [0.5, 0.6) is 11.6 Å². The molecule has 1 saturated heterocycles. The van der Waals surface area contributed by atoms with Gasteiger partial charge in [-0.3, -0.25) is 0 Å². The van der Waals surface area contributed by atoms with Crippen LogP contribution in [0.1, 0.15) is 18.4 Å². The maximum atomic E-state index is 12.1. The Morgan fingerprint density at radius 2 is 1.88 bits per heavy atom. The van der Waals surface area contributed by atoms with Gasteiger partial charge in [0.1, 0.15) is 5.75 Å². The maximum Gasteiger partial charge on any atom is 0.319 e. The number of ether oxygens (including phenoxy) is 1. The maximum absolute atomic E-state index is 12.1. The van der Waals surface area contributed by atoms with Gasteiger partial charge in [0.2, 0.25) is 5.88 Å². The Labute approximate surface area is 148 Å². The van der Waals surface area contributed by atoms with Crippen LogP contribution in [-0.2, 0) is 0 Å². The lowest BCUT2D eigenvalue weighted by Gasteiger charge is -2.29. The fourth-order valence-corrected chi connectivity index (χ4v) is 2.75. The number of aromatic nitrogens is 1. The molecule has 1 aliphatic heterocycles. The Morgan fingerprint density at radius 1 is 1.16 bits per heavy atom. The quantitative estimate of drug-likeness (QED) is 0.895. The van der Waals surface area contributed by atoms with Gasteiger partial charge in [-0.05, 0) is 58.1 Å². The topological polar surface area (TPSA) is 66.5 Å². The average Bonchev–Trinajstić information content (AvgIpc) is 2.61. The predicted octanol–water partition coefficient (Wildman–Crippen LogP) is 3.40. The highest BCUT2D eigenvalue weighted by molar-refractivity contribution is 5.89. The molecule has 6 nitrogen and oxygen atoms in total. The van der Waals surface area contributed by atoms with Crippen LogP contribution in [0.25, 0.3) is 0 Å². The number of carbonyl (C=O) groups excluding carboxylic acids is 1. The molecule has 0 atom stereocenters. The number of carbonyl (C=O) groups is 1. The van der Waals surface area contributed by atoms with E-state index >= 15 is 0 Å². The molecule has 1 fully saturated rings. The number of piperidine rings is 1. The van der Waals surface area contributed by atoms with Crippen LogP contribution in [0.15, 0.2) is 42.6 Å². The number of nitrogens with one attached hydrogen (secondary N) is 2. The summed E-state index contributed by atoms with van der Waals surface area (Å²) in [5, 5.41) is 5.83. The summed E-state index contributed by atoms with van der Waals surface area (Å²) in [6, 6.07) is 11.3. The smallest absolute Gasteiger partial charge is 0.319 e. The third kappa shape index (κ3) is 5.19. The first kappa shape index (κ1) is 17.2. The number of anilines is 1. The number of nitrogens with zero attached hydrogens (tertiary/aromatic N) is 2. The largest absolute Gasteiger partial charge is 0.439 e. The van der Waals surface area contributed by atoms with Gasteiger partial charge in [0, 0.05) is 12.1 Å². The lowest BCUT2D eigenvalue weighted by molar-refractivity contribution is 0.221. The second kappa shape index (κ2) is 7.98. The third-order valence-electron chi connectivity index (χ3n) is 4.29. The molecule has 1 aliphatic rings. The minimum absolute atomic E-state index is 0.191. The minimum Gasteiger partial charge on any atom is -0.439 e. The predicted molar refractivity (Wildman–Crippen MR) is 98.2 cm³/mol. The van der Waals surface area contributed by atoms with Crippen LogP contribution in [0, 0.1) is 6.92 Å². The van der Waals surface area contributed by atoms with Crippen molar-refractivity contribution in [1.82, 2.24) is 15.2 Å². The number of urea groups is 1. The molecule has 1 aromatic heterocycles. The van der Waals surface area contributed by atoms with E-state index in [0.29, 0.717) is 11.6 Å². The van der Waals surface area contributed by atoms with Crippen molar-refractivity contribution in [2.45, 2.75) is 25.8 Å². The highest BCUT2D eigenvalue weighted by atomic mass is 16.5. The summed E-state index contributed by atoms with van der Waals surface area (Å²) >= 11 is 0. The van der Waals surface area contributed by atoms with E-state index in [0.717, 1.165) is 31.7 Å². The van der Waals surface area contributed by atoms with Crippen molar-refractivity contribution in [3.63, 3.8) is 0 Å². The molecule has 132 valence electrons. The first-order chi connectivity index (χ1) is 12.1. The summed E-state index contributed by atoms with van der Waals surface area (Å²) in [6.45, 7) is 4.05. The second-order valence-electron chi connectivity index (χ2n) is 6.48. The second-order valence-corrected chi connectivity index (χ2v) is 6.48. The van der Waals surface area contributed by atoms with Crippen LogP contribution in [0.3, 0.4) is 0 Å². The molecule has 0 saturated carbocycles. The summed E-state index contributed by atoms with van der Waals surface area (Å²) < 4.78 is 5.68. The number of amides is 2. The summed E-state index contributed by atoms with van der Waals surface area (Å²) in [6.07, 6.45) is 3.55. The first-order valence-corrected chi connectivity index (χ1v) is 8.55. The molecule has 0 bridgehead atoms. The zero-order chi connectivity index (χ0) is 17.6. The SMILES string of the molecule is Cc1ccc(Oc2ccc(NC(=O)NC3CCN(C)CC3)cn2)cc1. The highest BCUT2D eigenvalue weighted by Crippen LogP contribution is 2.20. The Balaban J connectivity index is 1.50. The summed E-state index contributed by atoms with van der Waals surface area (Å²) in [4.78, 5) is 18.6. The minimum atomic E-state index is -0.191. The molecule has 2 amide bonds. The van der Waals surface area contributed by atoms with Gasteiger partial charge in [-0.25, -0.2) is 9.78 Å². The molecule has 6 heteroatoms. The molecule has 0 aliphatic carbocycles. The zero-order valence-corrected chi connectivity index (χ0v) is 14.7. The molecule has 1 aromatic carbocycles. The van der Waals surface area contributed by atoms with E-state index in [2.05, 4.69) is 27.6 Å². The van der Waals surface area contributed by atoms with Crippen molar-refractivity contribution in [3.8, 4) is 11.6 Å². The average molecular weight is 340 g/mol. The van der Waals surface area contributed by atoms with E-state index in [9.17, 15) is 4.79 Å². The number of rotatable bonds is 4. The van der Waals surface area contributed by atoms with E-state index in [1.54, 1.807) is 18.3 Å². The van der Waals surface area contributed by atoms with Crippen LogP contribution in [-0.4, -0.2) is 42.1 Å². The van der Waals surface area contributed by atoms with E-state index in [1.165, 1.54) is 5.56 Å². The van der Waals surface area contributed by atoms with E-state index in [4.69, 9.17) is 4.74 Å². The van der Waals surface area contributed by atoms with Crippen molar-refractivity contribution in [3.05, 3.63) is 48.2 Å². The van der Waals surface area contributed by atoms with Gasteiger partial charge in [-0.1, -0.05) is 17.7 Å². The van der Waals surface area contributed by atoms with Crippen LogP contribution in [0.4, 0.5) is 10.5 Å². The van der Waals surface area contributed by atoms with Crippen LogP contribution >= 0.6 is 0 Å². The van der Waals surface area contributed by atoms with Crippen LogP contribution < -0.4 is 15.4 Å². The Kier molecular flexibility index (Phi) is 5.50. The van der Waals surface area contributed by atoms with Crippen molar-refractivity contribution < 1.29 is 9.53 Å². The van der Waals surface area contributed by atoms with Gasteiger partial charge in [0.15, 0.2) is 0 Å². The lowest BCUT2D eigenvalue weighted by Crippen LogP contribution is -2.44. The van der Waals surface area contributed by atoms with Gasteiger partial charge >= 0.3 is 6.03 Å². The van der Waals surface area contributed by atoms with Gasteiger partial charge in [-0.15, -0.1) is 0 Å². The van der Waals surface area contributed by atoms with Gasteiger partial charge in [0.05, 0.1) is 11.9 Å². The molecular weight excluding hydrogens is 316 g/mol. The van der Waals surface area contributed by atoms with Crippen molar-refractivity contribution in [2.24, 2.45) is 0 Å². The number of benzene rings is 1. The zero-order valence-electron chi connectivity index (χ0n) is 14.7. The fraction of sp³-hybridized carbons (Fsp3) is 0.368. The number of likely N-dealkylation sites (tertiary alicyclic amines) is 1. The molecule has 0 unspecified atom stereocenters. The Bertz CT molecular complexity index is 692. The van der Waals surface area contributed by atoms with Crippen LogP contribution in [0.2, 0.25) is 0 Å². The molecule has 3 rings (SSSR count). The molecule has 25 heavy (non-hydrogen) atoms. The van der Waals surface area contributed by atoms with E-state index in [1.807, 2.05) is 31.2 Å². The molecule has 2 N–H and O–H groups in total. The lowest BCUT2D eigenvalue weighted by atomic mass is 10.1. The number of hydrogen-bond acceptors (Lipinski definition) is 4. The summed E-state index contributed by atoms with van der Waals surface area (Å²) in [7, 11) is 2.10. The summed E-state index contributed by atoms with van der Waals surface area (Å²) in [5.74, 6) is 1.23. The molecular formula is C19H24N4O2. The van der Waals surface area contributed by atoms with E-state index < -0.39 is 0 Å². The fourth-order valence-electron chi connectivity index (χ4n) is 2.75. The normalized spacial score (nSPS) is 15.6. The highest BCUT2D eigenvalue weighted by Gasteiger charge is 2.18. The first-order valence-electron chi connectivity index (χ1n) is 8.55. The molecule has 0 spiro atoms. The third-order valence-corrected chi connectivity index (χ3v) is 4.29. The standard InChI is InChI=1S/C19H24N4O2/c1-14-3-6-17(7-4-14)25-18-8-5-16(13-20-18)22-19(24)21-15-9-11-23(2)12-10-15/h3-8,13,15H,9-12H2,1-2H3,(H2,21,22,24). The van der Waals surface area contributed by atoms with Gasteiger partial charge in [0.25, 0.3) is 0 Å². The molecule has 2 heterocycles. The van der Waals surface area contributed by atoms with Crippen molar-refractivity contribution in [1.29, 1.82) is 0 Å².